The molecule has 1 unspecified atom stereocenters. The number of aromatic hydroxyl groups is 1. The van der Waals surface area contributed by atoms with Gasteiger partial charge in [0.05, 0.1) is 5.56 Å². The Morgan fingerprint density at radius 2 is 1.95 bits per heavy atom. The van der Waals surface area contributed by atoms with E-state index >= 15 is 0 Å². The summed E-state index contributed by atoms with van der Waals surface area (Å²) in [5.41, 5.74) is -0.726. The van der Waals surface area contributed by atoms with E-state index in [4.69, 9.17) is 5.11 Å². The second-order valence-corrected chi connectivity index (χ2v) is 5.48. The largest absolute Gasteiger partial charge is 0.503 e. The van der Waals surface area contributed by atoms with Crippen molar-refractivity contribution in [3.05, 3.63) is 29.1 Å². The number of phenolic OH excluding ortho intramolecular Hbond substituents is 1. The molecule has 0 fully saturated rings. The van der Waals surface area contributed by atoms with Crippen molar-refractivity contribution in [3.8, 4) is 5.75 Å². The molecule has 0 aromatic heterocycles. The number of halogens is 4. The Kier molecular flexibility index (Phi) is 5.86. The maximum Gasteiger partial charge on any atom is 0.254 e. The Bertz CT molecular complexity index is 509. The van der Waals surface area contributed by atoms with Crippen LogP contribution in [0.5, 0.6) is 5.75 Å². The number of rotatable bonds is 5. The summed E-state index contributed by atoms with van der Waals surface area (Å²) in [6.07, 6.45) is 0.633. The molecular weight excluding hydrogens is 339 g/mol. The van der Waals surface area contributed by atoms with Crippen LogP contribution in [-0.4, -0.2) is 22.4 Å². The Labute approximate surface area is 123 Å². The molecule has 0 aliphatic rings. The van der Waals surface area contributed by atoms with Gasteiger partial charge in [-0.1, -0.05) is 29.8 Å². The zero-order valence-corrected chi connectivity index (χ0v) is 12.6. The summed E-state index contributed by atoms with van der Waals surface area (Å²) in [5, 5.41) is 12.0. The molecule has 20 heavy (non-hydrogen) atoms. The molecule has 0 aliphatic heterocycles. The van der Waals surface area contributed by atoms with E-state index in [2.05, 4.69) is 21.2 Å². The summed E-state index contributed by atoms with van der Waals surface area (Å²) < 4.78 is 39.6. The van der Waals surface area contributed by atoms with Crippen LogP contribution in [0.4, 0.5) is 13.2 Å². The van der Waals surface area contributed by atoms with Crippen molar-refractivity contribution in [1.29, 1.82) is 0 Å². The van der Waals surface area contributed by atoms with Crippen LogP contribution in [0.15, 0.2) is 6.07 Å². The first-order chi connectivity index (χ1) is 9.27. The highest BCUT2D eigenvalue weighted by Crippen LogP contribution is 2.26. The van der Waals surface area contributed by atoms with Crippen LogP contribution in [0.1, 0.15) is 30.6 Å². The molecule has 0 bridgehead atoms. The van der Waals surface area contributed by atoms with Crippen LogP contribution in [0, 0.1) is 23.4 Å². The first-order valence-corrected chi connectivity index (χ1v) is 7.13. The van der Waals surface area contributed by atoms with Gasteiger partial charge >= 0.3 is 0 Å². The third-order valence-corrected chi connectivity index (χ3v) is 3.44. The minimum Gasteiger partial charge on any atom is -0.503 e. The average molecular weight is 354 g/mol. The van der Waals surface area contributed by atoms with E-state index in [0.717, 1.165) is 0 Å². The predicted octanol–water partition coefficient (Wildman–Crippen LogP) is 3.35. The van der Waals surface area contributed by atoms with E-state index in [1.54, 1.807) is 0 Å². The molecule has 0 radical (unpaired) electrons. The Morgan fingerprint density at radius 3 is 2.45 bits per heavy atom. The molecule has 3 nitrogen and oxygen atoms in total. The predicted molar refractivity (Wildman–Crippen MR) is 72.5 cm³/mol. The van der Waals surface area contributed by atoms with Gasteiger partial charge in [-0.25, -0.2) is 8.78 Å². The fourth-order valence-electron chi connectivity index (χ4n) is 1.75. The van der Waals surface area contributed by atoms with Gasteiger partial charge < -0.3 is 10.4 Å². The molecule has 1 aromatic carbocycles. The molecule has 7 heteroatoms. The van der Waals surface area contributed by atoms with E-state index in [0.29, 0.717) is 23.7 Å². The maximum atomic E-state index is 13.6. The van der Waals surface area contributed by atoms with Gasteiger partial charge in [0.25, 0.3) is 5.91 Å². The highest BCUT2D eigenvalue weighted by Gasteiger charge is 2.24. The van der Waals surface area contributed by atoms with E-state index in [1.165, 1.54) is 0 Å². The molecule has 0 saturated heterocycles. The first kappa shape index (κ1) is 16.8. The highest BCUT2D eigenvalue weighted by molar-refractivity contribution is 9.09. The van der Waals surface area contributed by atoms with Gasteiger partial charge in [0, 0.05) is 11.4 Å². The van der Waals surface area contributed by atoms with E-state index in [9.17, 15) is 18.0 Å². The molecule has 0 heterocycles. The lowest BCUT2D eigenvalue weighted by Gasteiger charge is -2.18. The Balaban J connectivity index is 2.98. The van der Waals surface area contributed by atoms with Crippen molar-refractivity contribution in [1.82, 2.24) is 5.32 Å². The SMILES string of the molecule is CC(C)CC(CBr)NC(=O)c1cc(F)c(F)c(O)c1F. The molecule has 1 rings (SSSR count). The standard InChI is InChI=1S/C13H15BrF3NO2/c1-6(2)3-7(5-14)18-13(20)8-4-9(15)11(17)12(19)10(8)16/h4,6-7,19H,3,5H2,1-2H3,(H,18,20). The van der Waals surface area contributed by atoms with Gasteiger partial charge in [-0.3, -0.25) is 4.79 Å². The van der Waals surface area contributed by atoms with Crippen molar-refractivity contribution < 1.29 is 23.1 Å². The highest BCUT2D eigenvalue weighted by atomic mass is 79.9. The topological polar surface area (TPSA) is 49.3 Å². The van der Waals surface area contributed by atoms with Crippen molar-refractivity contribution >= 4 is 21.8 Å². The zero-order valence-electron chi connectivity index (χ0n) is 11.0. The van der Waals surface area contributed by atoms with E-state index < -0.39 is 34.7 Å². The van der Waals surface area contributed by atoms with Crippen molar-refractivity contribution in [2.75, 3.05) is 5.33 Å². The number of phenols is 1. The van der Waals surface area contributed by atoms with Crippen LogP contribution >= 0.6 is 15.9 Å². The van der Waals surface area contributed by atoms with Crippen LogP contribution in [0.3, 0.4) is 0 Å². The van der Waals surface area contributed by atoms with Crippen LogP contribution in [-0.2, 0) is 0 Å². The fourth-order valence-corrected chi connectivity index (χ4v) is 2.17. The van der Waals surface area contributed by atoms with E-state index in [-0.39, 0.29) is 6.04 Å². The normalized spacial score (nSPS) is 12.6. The molecule has 0 aliphatic carbocycles. The number of carbonyl (C=O) groups is 1. The lowest BCUT2D eigenvalue weighted by Crippen LogP contribution is -2.37. The number of benzene rings is 1. The lowest BCUT2D eigenvalue weighted by atomic mass is 10.0. The summed E-state index contributed by atoms with van der Waals surface area (Å²) in [5.74, 6) is -6.76. The van der Waals surface area contributed by atoms with Crippen molar-refractivity contribution in [2.45, 2.75) is 26.3 Å². The average Bonchev–Trinajstić information content (AvgIpc) is 2.38. The molecule has 112 valence electrons. The first-order valence-electron chi connectivity index (χ1n) is 6.01. The van der Waals surface area contributed by atoms with Crippen LogP contribution in [0.2, 0.25) is 0 Å². The molecule has 1 atom stereocenters. The van der Waals surface area contributed by atoms with Gasteiger partial charge in [0.2, 0.25) is 5.82 Å². The van der Waals surface area contributed by atoms with Gasteiger partial charge in [-0.05, 0) is 18.4 Å². The summed E-state index contributed by atoms with van der Waals surface area (Å²) in [4.78, 5) is 11.9. The minimum absolute atomic E-state index is 0.280. The molecule has 2 N–H and O–H groups in total. The fraction of sp³-hybridized carbons (Fsp3) is 0.462. The maximum absolute atomic E-state index is 13.6. The number of carbonyl (C=O) groups excluding carboxylic acids is 1. The second-order valence-electron chi connectivity index (χ2n) is 4.84. The minimum atomic E-state index is -1.71. The third kappa shape index (κ3) is 3.88. The van der Waals surface area contributed by atoms with Gasteiger partial charge in [0.15, 0.2) is 17.4 Å². The summed E-state index contributed by atoms with van der Waals surface area (Å²) >= 11 is 3.21. The number of hydrogen-bond donors (Lipinski definition) is 2. The summed E-state index contributed by atoms with van der Waals surface area (Å²) in [7, 11) is 0. The van der Waals surface area contributed by atoms with Crippen molar-refractivity contribution in [3.63, 3.8) is 0 Å². The monoisotopic (exact) mass is 353 g/mol. The number of amides is 1. The van der Waals surface area contributed by atoms with Crippen molar-refractivity contribution in [2.24, 2.45) is 5.92 Å². The summed E-state index contributed by atoms with van der Waals surface area (Å²) in [6, 6.07) is 0.151. The van der Waals surface area contributed by atoms with Crippen LogP contribution in [0.25, 0.3) is 0 Å². The van der Waals surface area contributed by atoms with Crippen LogP contribution < -0.4 is 5.32 Å². The zero-order chi connectivity index (χ0) is 15.4. The molecular formula is C13H15BrF3NO2. The third-order valence-electron chi connectivity index (χ3n) is 2.66. The number of alkyl halides is 1. The Hall–Kier alpha value is -1.24. The Morgan fingerprint density at radius 1 is 1.35 bits per heavy atom. The lowest BCUT2D eigenvalue weighted by molar-refractivity contribution is 0.0931. The van der Waals surface area contributed by atoms with E-state index in [1.807, 2.05) is 13.8 Å². The molecule has 0 spiro atoms. The van der Waals surface area contributed by atoms with Gasteiger partial charge in [-0.15, -0.1) is 0 Å². The second kappa shape index (κ2) is 6.97. The smallest absolute Gasteiger partial charge is 0.254 e. The van der Waals surface area contributed by atoms with Gasteiger partial charge in [0.1, 0.15) is 0 Å². The molecule has 1 aromatic rings. The molecule has 1 amide bonds. The quantitative estimate of drug-likeness (QED) is 0.629. The van der Waals surface area contributed by atoms with Gasteiger partial charge in [-0.2, -0.15) is 4.39 Å². The number of nitrogens with one attached hydrogen (secondary N) is 1. The number of hydrogen-bond acceptors (Lipinski definition) is 2. The molecule has 0 saturated carbocycles. The summed E-state index contributed by atoms with van der Waals surface area (Å²) in [6.45, 7) is 3.90.